The fraction of sp³-hybridized carbons (Fsp3) is 0.545. The first-order chi connectivity index (χ1) is 13.5. The van der Waals surface area contributed by atoms with Crippen molar-refractivity contribution in [2.45, 2.75) is 52.5 Å². The largest absolute Gasteiger partial charge is 0.443 e. The fourth-order valence-electron chi connectivity index (χ4n) is 2.54. The second-order valence-corrected chi connectivity index (χ2v) is 7.69. The number of ether oxygens (including phenoxy) is 1. The van der Waals surface area contributed by atoms with Gasteiger partial charge in [-0.1, -0.05) is 51.1 Å². The molecule has 29 heavy (non-hydrogen) atoms. The predicted molar refractivity (Wildman–Crippen MR) is 129 cm³/mol. The van der Waals surface area contributed by atoms with Crippen molar-refractivity contribution in [2.24, 2.45) is 4.99 Å². The van der Waals surface area contributed by atoms with E-state index in [1.54, 1.807) is 6.20 Å². The van der Waals surface area contributed by atoms with Gasteiger partial charge >= 0.3 is 0 Å². The first-order valence-electron chi connectivity index (χ1n) is 10.1. The first kappa shape index (κ1) is 25.4. The van der Waals surface area contributed by atoms with Gasteiger partial charge in [0.2, 0.25) is 5.89 Å². The van der Waals surface area contributed by atoms with Gasteiger partial charge in [-0.2, -0.15) is 0 Å². The number of oxazole rings is 1. The third-order valence-electron chi connectivity index (χ3n) is 4.15. The first-order valence-corrected chi connectivity index (χ1v) is 10.1. The van der Waals surface area contributed by atoms with Gasteiger partial charge in [0.25, 0.3) is 0 Å². The van der Waals surface area contributed by atoms with E-state index in [2.05, 4.69) is 65.6 Å². The molecule has 1 aromatic carbocycles. The average Bonchev–Trinajstić information content (AvgIpc) is 3.15. The topological polar surface area (TPSA) is 71.7 Å². The number of nitrogens with zero attached hydrogens (tertiary/aromatic N) is 2. The van der Waals surface area contributed by atoms with Gasteiger partial charge in [0.15, 0.2) is 5.96 Å². The highest BCUT2D eigenvalue weighted by Crippen LogP contribution is 2.22. The van der Waals surface area contributed by atoms with Crippen LogP contribution in [0.15, 0.2) is 45.9 Å². The summed E-state index contributed by atoms with van der Waals surface area (Å²) in [7, 11) is 0. The van der Waals surface area contributed by atoms with E-state index in [1.807, 2.05) is 13.0 Å². The number of halogens is 1. The van der Waals surface area contributed by atoms with Crippen LogP contribution in [-0.4, -0.2) is 37.2 Å². The summed E-state index contributed by atoms with van der Waals surface area (Å²) in [6.07, 6.45) is 3.66. The number of nitrogens with one attached hydrogen (secondary N) is 2. The summed E-state index contributed by atoms with van der Waals surface area (Å²) in [6.45, 7) is 11.9. The minimum Gasteiger partial charge on any atom is -0.443 e. The summed E-state index contributed by atoms with van der Waals surface area (Å²) in [5.41, 5.74) is 1.27. The Balaban J connectivity index is 0.00000420. The molecular formula is C22H35IN4O2. The lowest BCUT2D eigenvalue weighted by Gasteiger charge is -2.13. The summed E-state index contributed by atoms with van der Waals surface area (Å²) in [5, 5.41) is 6.57. The zero-order valence-corrected chi connectivity index (χ0v) is 20.4. The third kappa shape index (κ3) is 10.1. The smallest absolute Gasteiger partial charge is 0.216 e. The zero-order valence-electron chi connectivity index (χ0n) is 18.0. The molecular weight excluding hydrogens is 479 g/mol. The number of hydrogen-bond acceptors (Lipinski definition) is 4. The highest BCUT2D eigenvalue weighted by molar-refractivity contribution is 14.0. The summed E-state index contributed by atoms with van der Waals surface area (Å²) >= 11 is 0. The SMILES string of the molecule is CCNC(=NCc1ncc(C(C)(C)C)o1)NCCCOCCc1ccccc1.I. The molecule has 0 saturated heterocycles. The molecule has 6 nitrogen and oxygen atoms in total. The van der Waals surface area contributed by atoms with E-state index in [4.69, 9.17) is 9.15 Å². The molecule has 0 unspecified atom stereocenters. The van der Waals surface area contributed by atoms with Crippen molar-refractivity contribution in [3.63, 3.8) is 0 Å². The van der Waals surface area contributed by atoms with Crippen LogP contribution >= 0.6 is 24.0 Å². The third-order valence-corrected chi connectivity index (χ3v) is 4.15. The van der Waals surface area contributed by atoms with Gasteiger partial charge in [0, 0.05) is 25.1 Å². The molecule has 7 heteroatoms. The minimum atomic E-state index is -0.0434. The Morgan fingerprint density at radius 1 is 1.14 bits per heavy atom. The number of rotatable bonds is 10. The molecule has 162 valence electrons. The maximum atomic E-state index is 5.79. The molecule has 0 saturated carbocycles. The van der Waals surface area contributed by atoms with E-state index in [-0.39, 0.29) is 29.4 Å². The molecule has 0 spiro atoms. The molecule has 0 bridgehead atoms. The van der Waals surface area contributed by atoms with E-state index < -0.39 is 0 Å². The van der Waals surface area contributed by atoms with E-state index in [1.165, 1.54) is 5.56 Å². The molecule has 0 radical (unpaired) electrons. The maximum absolute atomic E-state index is 5.79. The quantitative estimate of drug-likeness (QED) is 0.214. The standard InChI is InChI=1S/C22H34N4O2.HI/c1-5-23-21(26-17-20-25-16-19(28-20)22(2,3)4)24-13-9-14-27-15-12-18-10-7-6-8-11-18;/h6-8,10-11,16H,5,9,12-15,17H2,1-4H3,(H2,23,24,26);1H. The van der Waals surface area contributed by atoms with Crippen LogP contribution in [0.4, 0.5) is 0 Å². The van der Waals surface area contributed by atoms with Crippen LogP contribution in [0.2, 0.25) is 0 Å². The van der Waals surface area contributed by atoms with Gasteiger partial charge in [-0.05, 0) is 25.3 Å². The molecule has 2 N–H and O–H groups in total. The van der Waals surface area contributed by atoms with Crippen LogP contribution < -0.4 is 10.6 Å². The van der Waals surface area contributed by atoms with Crippen LogP contribution in [0, 0.1) is 0 Å². The van der Waals surface area contributed by atoms with Crippen molar-refractivity contribution in [3.8, 4) is 0 Å². The summed E-state index contributed by atoms with van der Waals surface area (Å²) in [6, 6.07) is 10.4. The van der Waals surface area contributed by atoms with Crippen LogP contribution in [-0.2, 0) is 23.1 Å². The lowest BCUT2D eigenvalue weighted by atomic mass is 9.94. The Labute approximate surface area is 191 Å². The van der Waals surface area contributed by atoms with Crippen LogP contribution in [0.25, 0.3) is 0 Å². The van der Waals surface area contributed by atoms with Crippen molar-refractivity contribution >= 4 is 29.9 Å². The van der Waals surface area contributed by atoms with E-state index in [0.29, 0.717) is 12.4 Å². The van der Waals surface area contributed by atoms with Gasteiger partial charge in [-0.15, -0.1) is 24.0 Å². The normalized spacial score (nSPS) is 11.8. The second-order valence-electron chi connectivity index (χ2n) is 7.69. The highest BCUT2D eigenvalue weighted by atomic mass is 127. The molecule has 1 heterocycles. The number of hydrogen-bond donors (Lipinski definition) is 2. The molecule has 0 aliphatic rings. The van der Waals surface area contributed by atoms with Gasteiger partial charge in [-0.25, -0.2) is 9.98 Å². The Morgan fingerprint density at radius 3 is 2.55 bits per heavy atom. The Hall–Kier alpha value is -1.61. The summed E-state index contributed by atoms with van der Waals surface area (Å²) < 4.78 is 11.5. The van der Waals surface area contributed by atoms with Crippen molar-refractivity contribution < 1.29 is 9.15 Å². The van der Waals surface area contributed by atoms with Gasteiger partial charge in [0.1, 0.15) is 12.3 Å². The van der Waals surface area contributed by atoms with Gasteiger partial charge < -0.3 is 19.8 Å². The van der Waals surface area contributed by atoms with Crippen molar-refractivity contribution in [2.75, 3.05) is 26.3 Å². The molecule has 0 fully saturated rings. The van der Waals surface area contributed by atoms with Crippen molar-refractivity contribution in [3.05, 3.63) is 53.7 Å². The molecule has 2 aromatic rings. The van der Waals surface area contributed by atoms with Crippen LogP contribution in [0.1, 0.15) is 51.3 Å². The maximum Gasteiger partial charge on any atom is 0.216 e. The number of aromatic nitrogens is 1. The van der Waals surface area contributed by atoms with Gasteiger partial charge in [0.05, 0.1) is 12.8 Å². The molecule has 0 aliphatic heterocycles. The van der Waals surface area contributed by atoms with Crippen LogP contribution in [0.3, 0.4) is 0 Å². The minimum absolute atomic E-state index is 0. The molecule has 0 aliphatic carbocycles. The van der Waals surface area contributed by atoms with E-state index >= 15 is 0 Å². The summed E-state index contributed by atoms with van der Waals surface area (Å²) in [4.78, 5) is 8.87. The van der Waals surface area contributed by atoms with Gasteiger partial charge in [-0.3, -0.25) is 0 Å². The molecule has 0 amide bonds. The fourth-order valence-corrected chi connectivity index (χ4v) is 2.54. The Kier molecular flexibility index (Phi) is 11.9. The van der Waals surface area contributed by atoms with Crippen molar-refractivity contribution in [1.82, 2.24) is 15.6 Å². The highest BCUT2D eigenvalue weighted by Gasteiger charge is 2.18. The molecule has 2 rings (SSSR count). The number of aliphatic imine (C=N–C) groups is 1. The number of guanidine groups is 1. The average molecular weight is 514 g/mol. The Morgan fingerprint density at radius 2 is 1.90 bits per heavy atom. The molecule has 0 atom stereocenters. The second kappa shape index (κ2) is 13.6. The molecule has 1 aromatic heterocycles. The summed E-state index contributed by atoms with van der Waals surface area (Å²) in [5.74, 6) is 2.27. The van der Waals surface area contributed by atoms with E-state index in [9.17, 15) is 0 Å². The van der Waals surface area contributed by atoms with Crippen LogP contribution in [0.5, 0.6) is 0 Å². The number of benzene rings is 1. The van der Waals surface area contributed by atoms with E-state index in [0.717, 1.165) is 50.9 Å². The zero-order chi connectivity index (χ0) is 20.2. The Bertz CT molecular complexity index is 711. The predicted octanol–water partition coefficient (Wildman–Crippen LogP) is 4.29. The monoisotopic (exact) mass is 514 g/mol. The van der Waals surface area contributed by atoms with Crippen molar-refractivity contribution in [1.29, 1.82) is 0 Å². The lowest BCUT2D eigenvalue weighted by Crippen LogP contribution is -2.38. The lowest BCUT2D eigenvalue weighted by molar-refractivity contribution is 0.135.